The van der Waals surface area contributed by atoms with Crippen molar-refractivity contribution in [3.63, 3.8) is 0 Å². The van der Waals surface area contributed by atoms with Gasteiger partial charge in [-0.15, -0.1) is 11.3 Å². The summed E-state index contributed by atoms with van der Waals surface area (Å²) in [5, 5.41) is 17.6. The van der Waals surface area contributed by atoms with Crippen molar-refractivity contribution in [2.75, 3.05) is 7.05 Å². The molecule has 0 fully saturated rings. The average Bonchev–Trinajstić information content (AvgIpc) is 3.20. The minimum atomic E-state index is -0.596. The van der Waals surface area contributed by atoms with Crippen LogP contribution in [0.5, 0.6) is 0 Å². The molecule has 2 aromatic heterocycles. The van der Waals surface area contributed by atoms with Gasteiger partial charge in [-0.2, -0.15) is 5.10 Å². The third-order valence-corrected chi connectivity index (χ3v) is 4.27. The van der Waals surface area contributed by atoms with Gasteiger partial charge in [0, 0.05) is 23.0 Å². The van der Waals surface area contributed by atoms with E-state index in [9.17, 15) is 10.1 Å². The molecule has 122 valence electrons. The van der Waals surface area contributed by atoms with Crippen molar-refractivity contribution in [1.29, 1.82) is 0 Å². The van der Waals surface area contributed by atoms with E-state index in [1.54, 1.807) is 23.9 Å². The van der Waals surface area contributed by atoms with Crippen LogP contribution in [-0.4, -0.2) is 22.9 Å². The van der Waals surface area contributed by atoms with Gasteiger partial charge in [0.25, 0.3) is 0 Å². The molecule has 0 saturated carbocycles. The Bertz CT molecular complexity index is 969. The van der Waals surface area contributed by atoms with E-state index in [1.165, 1.54) is 29.7 Å². The normalized spacial score (nSPS) is 12.2. The van der Waals surface area contributed by atoms with E-state index < -0.39 is 4.92 Å². The Labute approximate surface area is 145 Å². The molecule has 0 N–H and O–H groups in total. The molecule has 0 aliphatic heterocycles. The topological polar surface area (TPSA) is 85.9 Å². The highest BCUT2D eigenvalue weighted by atomic mass is 35.5. The first kappa shape index (κ1) is 16.2. The Morgan fingerprint density at radius 1 is 1.29 bits per heavy atom. The van der Waals surface area contributed by atoms with Gasteiger partial charge in [-0.25, -0.2) is 4.68 Å². The lowest BCUT2D eigenvalue weighted by molar-refractivity contribution is -0.402. The zero-order valence-electron chi connectivity index (χ0n) is 12.4. The molecule has 3 aromatic rings. The van der Waals surface area contributed by atoms with E-state index in [0.29, 0.717) is 9.82 Å². The fourth-order valence-corrected chi connectivity index (χ4v) is 2.94. The molecule has 7 nitrogen and oxygen atoms in total. The van der Waals surface area contributed by atoms with E-state index in [0.717, 1.165) is 11.3 Å². The number of halogens is 1. The van der Waals surface area contributed by atoms with Gasteiger partial charge in [-0.1, -0.05) is 23.7 Å². The molecule has 0 saturated heterocycles. The molecule has 0 atom stereocenters. The highest BCUT2D eigenvalue weighted by molar-refractivity contribution is 7.07. The van der Waals surface area contributed by atoms with Gasteiger partial charge in [0.1, 0.15) is 4.92 Å². The molecule has 3 rings (SSSR count). The van der Waals surface area contributed by atoms with Crippen molar-refractivity contribution >= 4 is 35.0 Å². The van der Waals surface area contributed by atoms with E-state index in [4.69, 9.17) is 16.0 Å². The lowest BCUT2D eigenvalue weighted by Crippen LogP contribution is -2.11. The summed E-state index contributed by atoms with van der Waals surface area (Å²) < 4.78 is 6.71. The minimum absolute atomic E-state index is 0.282. The highest BCUT2D eigenvalue weighted by Gasteiger charge is 2.11. The quantitative estimate of drug-likeness (QED) is 0.402. The van der Waals surface area contributed by atoms with Crippen LogP contribution in [0.2, 0.25) is 5.02 Å². The number of nitrogens with zero attached hydrogens (tertiary/aromatic N) is 4. The van der Waals surface area contributed by atoms with Crippen molar-refractivity contribution in [2.24, 2.45) is 10.1 Å². The SMILES string of the molecule is CN=c1scc(-c2ccc(Cl)cc2)n1/N=C\c1ccc([N+](=O)[O-])o1. The molecule has 0 unspecified atom stereocenters. The molecule has 0 spiro atoms. The van der Waals surface area contributed by atoms with Crippen LogP contribution < -0.4 is 4.80 Å². The van der Waals surface area contributed by atoms with Crippen LogP contribution in [0.1, 0.15) is 5.76 Å². The van der Waals surface area contributed by atoms with Gasteiger partial charge in [-0.05, 0) is 18.2 Å². The van der Waals surface area contributed by atoms with Crippen molar-refractivity contribution < 1.29 is 9.34 Å². The Balaban J connectivity index is 2.00. The standard InChI is InChI=1S/C15H11ClN4O3S/c1-17-15-19(18-8-12-6-7-14(23-12)20(21)22)13(9-24-15)10-2-4-11(16)5-3-10/h2-9H,1H3/b17-15?,18-8-. The zero-order valence-corrected chi connectivity index (χ0v) is 14.0. The molecule has 0 aliphatic carbocycles. The number of hydrogen-bond acceptors (Lipinski definition) is 6. The van der Waals surface area contributed by atoms with Gasteiger partial charge < -0.3 is 4.42 Å². The van der Waals surface area contributed by atoms with Crippen LogP contribution in [-0.2, 0) is 0 Å². The van der Waals surface area contributed by atoms with Crippen LogP contribution in [0, 0.1) is 10.1 Å². The summed E-state index contributed by atoms with van der Waals surface area (Å²) in [7, 11) is 1.67. The third-order valence-electron chi connectivity index (χ3n) is 3.11. The van der Waals surface area contributed by atoms with Crippen LogP contribution in [0.4, 0.5) is 5.88 Å². The van der Waals surface area contributed by atoms with Crippen molar-refractivity contribution in [2.45, 2.75) is 0 Å². The maximum absolute atomic E-state index is 10.7. The van der Waals surface area contributed by atoms with E-state index in [1.807, 2.05) is 17.5 Å². The lowest BCUT2D eigenvalue weighted by Gasteiger charge is -2.03. The molecule has 24 heavy (non-hydrogen) atoms. The second-order valence-electron chi connectivity index (χ2n) is 4.62. The van der Waals surface area contributed by atoms with Gasteiger partial charge in [0.2, 0.25) is 4.80 Å². The van der Waals surface area contributed by atoms with Gasteiger partial charge in [-0.3, -0.25) is 15.1 Å². The molecule has 9 heteroatoms. The fourth-order valence-electron chi connectivity index (χ4n) is 2.01. The summed E-state index contributed by atoms with van der Waals surface area (Å²) in [6.07, 6.45) is 1.41. The van der Waals surface area contributed by atoms with E-state index in [-0.39, 0.29) is 11.6 Å². The van der Waals surface area contributed by atoms with Crippen LogP contribution in [0.3, 0.4) is 0 Å². The zero-order chi connectivity index (χ0) is 17.1. The molecular weight excluding hydrogens is 352 g/mol. The molecule has 0 amide bonds. The van der Waals surface area contributed by atoms with Crippen LogP contribution in [0.15, 0.2) is 56.3 Å². The molecule has 2 heterocycles. The minimum Gasteiger partial charge on any atom is -0.400 e. The number of rotatable bonds is 4. The van der Waals surface area contributed by atoms with E-state index in [2.05, 4.69) is 10.1 Å². The Hall–Kier alpha value is -2.71. The smallest absolute Gasteiger partial charge is 0.400 e. The highest BCUT2D eigenvalue weighted by Crippen LogP contribution is 2.22. The number of nitro groups is 1. The Kier molecular flexibility index (Phi) is 4.59. The number of furan rings is 1. The first-order chi connectivity index (χ1) is 11.6. The summed E-state index contributed by atoms with van der Waals surface area (Å²) in [5.74, 6) is -0.0467. The third kappa shape index (κ3) is 3.29. The van der Waals surface area contributed by atoms with E-state index >= 15 is 0 Å². The second-order valence-corrected chi connectivity index (χ2v) is 5.90. The van der Waals surface area contributed by atoms with Gasteiger partial charge in [0.15, 0.2) is 5.76 Å². The maximum atomic E-state index is 10.7. The van der Waals surface area contributed by atoms with Crippen molar-refractivity contribution in [1.82, 2.24) is 4.68 Å². The van der Waals surface area contributed by atoms with Crippen LogP contribution >= 0.6 is 22.9 Å². The Morgan fingerprint density at radius 2 is 2.04 bits per heavy atom. The monoisotopic (exact) mass is 362 g/mol. The molecule has 1 aromatic carbocycles. The maximum Gasteiger partial charge on any atom is 0.433 e. The largest absolute Gasteiger partial charge is 0.433 e. The summed E-state index contributed by atoms with van der Waals surface area (Å²) >= 11 is 7.35. The predicted octanol–water partition coefficient (Wildman–Crippen LogP) is 3.78. The molecule has 0 aliphatic rings. The molecule has 0 radical (unpaired) electrons. The second kappa shape index (κ2) is 6.81. The molecular formula is C15H11ClN4O3S. The first-order valence-corrected chi connectivity index (χ1v) is 8.02. The summed E-state index contributed by atoms with van der Waals surface area (Å²) in [4.78, 5) is 14.9. The summed E-state index contributed by atoms with van der Waals surface area (Å²) in [5.41, 5.74) is 1.75. The van der Waals surface area contributed by atoms with Crippen LogP contribution in [0.25, 0.3) is 11.3 Å². The summed E-state index contributed by atoms with van der Waals surface area (Å²) in [6.45, 7) is 0. The van der Waals surface area contributed by atoms with Crippen molar-refractivity contribution in [3.8, 4) is 11.3 Å². The fraction of sp³-hybridized carbons (Fsp3) is 0.0667. The lowest BCUT2D eigenvalue weighted by atomic mass is 10.2. The Morgan fingerprint density at radius 3 is 2.67 bits per heavy atom. The predicted molar refractivity (Wildman–Crippen MR) is 92.6 cm³/mol. The summed E-state index contributed by atoms with van der Waals surface area (Å²) in [6, 6.07) is 10.1. The average molecular weight is 363 g/mol. The van der Waals surface area contributed by atoms with Gasteiger partial charge >= 0.3 is 5.88 Å². The van der Waals surface area contributed by atoms with Gasteiger partial charge in [0.05, 0.1) is 18.0 Å². The number of thiazole rings is 1. The van der Waals surface area contributed by atoms with Crippen molar-refractivity contribution in [3.05, 3.63) is 67.5 Å². The number of aromatic nitrogens is 1. The number of benzene rings is 1. The molecule has 0 bridgehead atoms. The number of hydrogen-bond donors (Lipinski definition) is 0. The first-order valence-electron chi connectivity index (χ1n) is 6.76.